The molecule has 1 heterocycles. The summed E-state index contributed by atoms with van der Waals surface area (Å²) in [5.41, 5.74) is 2.00. The summed E-state index contributed by atoms with van der Waals surface area (Å²) in [4.78, 5) is 7.73. The number of aromatic amines is 1. The van der Waals surface area contributed by atoms with E-state index in [9.17, 15) is 0 Å². The Labute approximate surface area is 121 Å². The fraction of sp³-hybridized carbons (Fsp3) is 0.133. The number of rotatable bonds is 5. The van der Waals surface area contributed by atoms with Crippen LogP contribution < -0.4 is 9.47 Å². The summed E-state index contributed by atoms with van der Waals surface area (Å²) in [6.07, 6.45) is 0. The van der Waals surface area contributed by atoms with Gasteiger partial charge in [-0.05, 0) is 36.0 Å². The highest BCUT2D eigenvalue weighted by Gasteiger charge is 2.05. The van der Waals surface area contributed by atoms with Gasteiger partial charge in [-0.25, -0.2) is 4.98 Å². The van der Waals surface area contributed by atoms with Crippen molar-refractivity contribution < 1.29 is 9.47 Å². The van der Waals surface area contributed by atoms with Crippen LogP contribution in [0.4, 0.5) is 0 Å². The van der Waals surface area contributed by atoms with Crippen molar-refractivity contribution in [3.8, 4) is 11.5 Å². The second-order valence-corrected chi connectivity index (χ2v) is 5.03. The van der Waals surface area contributed by atoms with E-state index in [0.717, 1.165) is 27.7 Å². The van der Waals surface area contributed by atoms with E-state index >= 15 is 0 Å². The van der Waals surface area contributed by atoms with E-state index in [0.29, 0.717) is 5.94 Å². The minimum absolute atomic E-state index is 0.472. The summed E-state index contributed by atoms with van der Waals surface area (Å²) >= 11 is 1.52. The highest BCUT2D eigenvalue weighted by Crippen LogP contribution is 2.27. The molecule has 0 unspecified atom stereocenters. The maximum absolute atomic E-state index is 5.71. The third kappa shape index (κ3) is 2.72. The largest absolute Gasteiger partial charge is 0.493 e. The van der Waals surface area contributed by atoms with Crippen LogP contribution in [0, 0.1) is 0 Å². The number of nitrogens with one attached hydrogen (secondary N) is 1. The zero-order valence-electron chi connectivity index (χ0n) is 11.0. The molecule has 1 aromatic heterocycles. The van der Waals surface area contributed by atoms with Gasteiger partial charge in [0, 0.05) is 0 Å². The smallest absolute Gasteiger partial charge is 0.169 e. The molecule has 3 rings (SSSR count). The Morgan fingerprint density at radius 3 is 2.60 bits per heavy atom. The molecule has 0 spiro atoms. The summed E-state index contributed by atoms with van der Waals surface area (Å²) in [6.45, 7) is 0. The van der Waals surface area contributed by atoms with Crippen LogP contribution in [0.5, 0.6) is 11.5 Å². The first-order valence-electron chi connectivity index (χ1n) is 6.20. The number of thioether (sulfide) groups is 1. The zero-order valence-corrected chi connectivity index (χ0v) is 11.8. The Morgan fingerprint density at radius 1 is 1.05 bits per heavy atom. The van der Waals surface area contributed by atoms with Gasteiger partial charge in [0.2, 0.25) is 0 Å². The third-order valence-corrected chi connectivity index (χ3v) is 3.55. The minimum Gasteiger partial charge on any atom is -0.493 e. The molecule has 1 N–H and O–H groups in total. The number of hydrogen-bond acceptors (Lipinski definition) is 4. The molecule has 0 radical (unpaired) electrons. The van der Waals surface area contributed by atoms with Crippen molar-refractivity contribution >= 4 is 22.8 Å². The van der Waals surface area contributed by atoms with Gasteiger partial charge in [0.1, 0.15) is 5.94 Å². The summed E-state index contributed by atoms with van der Waals surface area (Å²) in [5, 5.41) is 0.848. The number of hydrogen-bond donors (Lipinski definition) is 1. The van der Waals surface area contributed by atoms with Crippen molar-refractivity contribution in [2.24, 2.45) is 0 Å². The Hall–Kier alpha value is -2.14. The Balaban J connectivity index is 1.65. The van der Waals surface area contributed by atoms with Crippen LogP contribution >= 0.6 is 11.8 Å². The molecule has 0 fully saturated rings. The summed E-state index contributed by atoms with van der Waals surface area (Å²) in [7, 11) is 1.63. The number of imidazole rings is 1. The van der Waals surface area contributed by atoms with Crippen molar-refractivity contribution in [1.82, 2.24) is 9.97 Å². The fourth-order valence-corrected chi connectivity index (χ4v) is 2.53. The van der Waals surface area contributed by atoms with E-state index in [1.54, 1.807) is 7.11 Å². The molecule has 5 heteroatoms. The number of benzene rings is 2. The lowest BCUT2D eigenvalue weighted by Gasteiger charge is -2.08. The lowest BCUT2D eigenvalue weighted by molar-refractivity contribution is 0.344. The number of aromatic nitrogens is 2. The molecule has 0 aliphatic rings. The number of methoxy groups -OCH3 is 1. The number of fused-ring (bicyclic) bond motifs is 1. The predicted octanol–water partition coefficient (Wildman–Crippen LogP) is 3.70. The molecule has 4 nitrogen and oxygen atoms in total. The molecule has 0 aliphatic carbocycles. The summed E-state index contributed by atoms with van der Waals surface area (Å²) < 4.78 is 10.9. The van der Waals surface area contributed by atoms with Gasteiger partial charge in [-0.15, -0.1) is 0 Å². The topological polar surface area (TPSA) is 47.1 Å². The van der Waals surface area contributed by atoms with Crippen molar-refractivity contribution in [2.45, 2.75) is 5.16 Å². The van der Waals surface area contributed by atoms with Crippen LogP contribution in [0.15, 0.2) is 53.7 Å². The molecule has 0 atom stereocenters. The fourth-order valence-electron chi connectivity index (χ4n) is 1.88. The summed E-state index contributed by atoms with van der Waals surface area (Å²) in [6, 6.07) is 15.6. The van der Waals surface area contributed by atoms with Gasteiger partial charge in [-0.2, -0.15) is 0 Å². The molecular formula is C15H14N2O2S. The summed E-state index contributed by atoms with van der Waals surface area (Å²) in [5.74, 6) is 1.94. The van der Waals surface area contributed by atoms with Crippen LogP contribution in [0.1, 0.15) is 0 Å². The third-order valence-electron chi connectivity index (χ3n) is 2.85. The van der Waals surface area contributed by atoms with Gasteiger partial charge in [0.05, 0.1) is 18.1 Å². The molecular weight excluding hydrogens is 272 g/mol. The lowest BCUT2D eigenvalue weighted by Crippen LogP contribution is -1.95. The first-order valence-corrected chi connectivity index (χ1v) is 7.19. The quantitative estimate of drug-likeness (QED) is 0.574. The molecule has 2 aromatic carbocycles. The molecule has 0 amide bonds. The van der Waals surface area contributed by atoms with Crippen molar-refractivity contribution in [2.75, 3.05) is 13.0 Å². The maximum Gasteiger partial charge on any atom is 0.169 e. The number of para-hydroxylation sites is 4. The van der Waals surface area contributed by atoms with E-state index in [1.807, 2.05) is 48.5 Å². The predicted molar refractivity (Wildman–Crippen MR) is 80.4 cm³/mol. The SMILES string of the molecule is COc1ccccc1OCSc1nc2ccccc2[nH]1. The zero-order chi connectivity index (χ0) is 13.8. The number of H-pyrrole nitrogens is 1. The highest BCUT2D eigenvalue weighted by atomic mass is 32.2. The molecule has 3 aromatic rings. The van der Waals surface area contributed by atoms with Crippen LogP contribution in [-0.2, 0) is 0 Å². The average molecular weight is 286 g/mol. The second-order valence-electron chi connectivity index (χ2n) is 4.12. The highest BCUT2D eigenvalue weighted by molar-refractivity contribution is 7.99. The van der Waals surface area contributed by atoms with E-state index in [2.05, 4.69) is 9.97 Å². The molecule has 0 saturated carbocycles. The lowest BCUT2D eigenvalue weighted by atomic mass is 10.3. The van der Waals surface area contributed by atoms with Gasteiger partial charge in [0.15, 0.2) is 16.7 Å². The van der Waals surface area contributed by atoms with Gasteiger partial charge >= 0.3 is 0 Å². The van der Waals surface area contributed by atoms with Gasteiger partial charge < -0.3 is 14.5 Å². The van der Waals surface area contributed by atoms with E-state index in [4.69, 9.17) is 9.47 Å². The molecule has 102 valence electrons. The van der Waals surface area contributed by atoms with E-state index in [1.165, 1.54) is 11.8 Å². The van der Waals surface area contributed by atoms with Crippen LogP contribution in [-0.4, -0.2) is 23.0 Å². The van der Waals surface area contributed by atoms with Gasteiger partial charge in [-0.1, -0.05) is 24.3 Å². The monoisotopic (exact) mass is 286 g/mol. The number of ether oxygens (including phenoxy) is 2. The molecule has 0 saturated heterocycles. The molecule has 20 heavy (non-hydrogen) atoms. The Bertz CT molecular complexity index is 679. The first kappa shape index (κ1) is 12.9. The van der Waals surface area contributed by atoms with Crippen molar-refractivity contribution in [1.29, 1.82) is 0 Å². The second kappa shape index (κ2) is 5.88. The minimum atomic E-state index is 0.472. The van der Waals surface area contributed by atoms with Crippen LogP contribution in [0.25, 0.3) is 11.0 Å². The van der Waals surface area contributed by atoms with Gasteiger partial charge in [-0.3, -0.25) is 0 Å². The standard InChI is InChI=1S/C15H14N2O2S/c1-18-13-8-4-5-9-14(13)19-10-20-15-16-11-6-2-3-7-12(11)17-15/h2-9H,10H2,1H3,(H,16,17). The Kier molecular flexibility index (Phi) is 3.78. The molecule has 0 aliphatic heterocycles. The number of nitrogens with zero attached hydrogens (tertiary/aromatic N) is 1. The Morgan fingerprint density at radius 2 is 1.80 bits per heavy atom. The van der Waals surface area contributed by atoms with E-state index < -0.39 is 0 Å². The van der Waals surface area contributed by atoms with Crippen molar-refractivity contribution in [3.05, 3.63) is 48.5 Å². The van der Waals surface area contributed by atoms with Crippen LogP contribution in [0.2, 0.25) is 0 Å². The van der Waals surface area contributed by atoms with Crippen LogP contribution in [0.3, 0.4) is 0 Å². The average Bonchev–Trinajstić information content (AvgIpc) is 2.90. The van der Waals surface area contributed by atoms with E-state index in [-0.39, 0.29) is 0 Å². The van der Waals surface area contributed by atoms with Gasteiger partial charge in [0.25, 0.3) is 0 Å². The molecule has 0 bridgehead atoms. The van der Waals surface area contributed by atoms with Crippen molar-refractivity contribution in [3.63, 3.8) is 0 Å². The normalized spacial score (nSPS) is 10.7. The maximum atomic E-state index is 5.71. The first-order chi connectivity index (χ1) is 9.86.